The monoisotopic (exact) mass is 454 g/mol. The van der Waals surface area contributed by atoms with Gasteiger partial charge in [-0.25, -0.2) is 9.79 Å². The molecule has 1 aromatic rings. The number of rotatable bonds is 7. The maximum absolute atomic E-state index is 12.0. The first kappa shape index (κ1) is 23.4. The van der Waals surface area contributed by atoms with E-state index in [1.54, 1.807) is 0 Å². The second-order valence-electron chi connectivity index (χ2n) is 10.7. The number of carbonyl (C=O) groups excluding carboxylic acids is 1. The van der Waals surface area contributed by atoms with Crippen LogP contribution < -0.4 is 10.6 Å². The molecule has 2 heterocycles. The van der Waals surface area contributed by atoms with Gasteiger partial charge in [-0.05, 0) is 72.0 Å². The Bertz CT molecular complexity index is 936. The van der Waals surface area contributed by atoms with Crippen LogP contribution in [0.15, 0.2) is 35.1 Å². The van der Waals surface area contributed by atoms with E-state index in [4.69, 9.17) is 9.73 Å². The second kappa shape index (κ2) is 9.23. The van der Waals surface area contributed by atoms with E-state index in [2.05, 4.69) is 44.8 Å². The largest absolute Gasteiger partial charge is 0.444 e. The molecule has 1 spiro atoms. The number of amidine groups is 1. The summed E-state index contributed by atoms with van der Waals surface area (Å²) < 4.78 is 5.38. The summed E-state index contributed by atoms with van der Waals surface area (Å²) in [7, 11) is 0. The van der Waals surface area contributed by atoms with Crippen LogP contribution in [-0.4, -0.2) is 51.8 Å². The summed E-state index contributed by atoms with van der Waals surface area (Å²) in [6.07, 6.45) is 11.2. The smallest absolute Gasteiger partial charge is 0.407 e. The highest BCUT2D eigenvalue weighted by Crippen LogP contribution is 2.49. The molecule has 2 saturated carbocycles. The van der Waals surface area contributed by atoms with E-state index in [0.29, 0.717) is 5.92 Å². The third-order valence-corrected chi connectivity index (χ3v) is 6.27. The van der Waals surface area contributed by atoms with Crippen molar-refractivity contribution in [1.29, 1.82) is 0 Å². The average Bonchev–Trinajstić information content (AvgIpc) is 3.40. The predicted molar refractivity (Wildman–Crippen MR) is 131 cm³/mol. The number of anilines is 1. The number of carbonyl (C=O) groups is 1. The van der Waals surface area contributed by atoms with Crippen LogP contribution in [0.2, 0.25) is 0 Å². The van der Waals surface area contributed by atoms with Crippen molar-refractivity contribution in [3.8, 4) is 0 Å². The van der Waals surface area contributed by atoms with E-state index in [-0.39, 0.29) is 17.6 Å². The number of aliphatic imine (C=N–C) groups is 1. The maximum atomic E-state index is 12.0. The summed E-state index contributed by atoms with van der Waals surface area (Å²) in [5.74, 6) is 3.22. The molecular formula is C25H38N6O2. The lowest BCUT2D eigenvalue weighted by molar-refractivity contribution is -0.0618. The normalized spacial score (nSPS) is 21.2. The molecule has 3 aliphatic rings. The van der Waals surface area contributed by atoms with E-state index >= 15 is 0 Å². The van der Waals surface area contributed by atoms with Gasteiger partial charge in [-0.3, -0.25) is 5.10 Å². The van der Waals surface area contributed by atoms with Crippen LogP contribution in [0.3, 0.4) is 0 Å². The molecule has 0 aromatic carbocycles. The van der Waals surface area contributed by atoms with Gasteiger partial charge in [0, 0.05) is 42.2 Å². The van der Waals surface area contributed by atoms with Gasteiger partial charge >= 0.3 is 6.09 Å². The van der Waals surface area contributed by atoms with Gasteiger partial charge in [0.2, 0.25) is 0 Å². The lowest BCUT2D eigenvalue weighted by Gasteiger charge is -2.59. The van der Waals surface area contributed by atoms with E-state index in [1.165, 1.54) is 18.5 Å². The molecule has 0 bridgehead atoms. The van der Waals surface area contributed by atoms with Gasteiger partial charge in [-0.1, -0.05) is 13.0 Å². The van der Waals surface area contributed by atoms with Crippen molar-refractivity contribution < 1.29 is 9.53 Å². The molecular weight excluding hydrogens is 416 g/mol. The number of nitrogens with one attached hydrogen (secondary N) is 3. The van der Waals surface area contributed by atoms with Gasteiger partial charge in [0.25, 0.3) is 0 Å². The van der Waals surface area contributed by atoms with Crippen molar-refractivity contribution in [2.75, 3.05) is 18.4 Å². The van der Waals surface area contributed by atoms with E-state index in [0.717, 1.165) is 49.8 Å². The quantitative estimate of drug-likeness (QED) is 0.402. The zero-order valence-electron chi connectivity index (χ0n) is 20.6. The number of likely N-dealkylation sites (tertiary alicyclic amines) is 1. The number of alkyl carbamates (subject to hydrolysis) is 1. The summed E-state index contributed by atoms with van der Waals surface area (Å²) in [5.41, 5.74) is 1.01. The summed E-state index contributed by atoms with van der Waals surface area (Å²) in [6.45, 7) is 11.7. The number of nitrogens with zero attached hydrogens (tertiary/aromatic N) is 3. The Morgan fingerprint density at radius 2 is 2.09 bits per heavy atom. The minimum atomic E-state index is -0.468. The summed E-state index contributed by atoms with van der Waals surface area (Å²) in [6, 6.07) is 2.29. The number of allylic oxidation sites excluding steroid dienone is 2. The second-order valence-corrected chi connectivity index (χ2v) is 10.7. The molecule has 33 heavy (non-hydrogen) atoms. The van der Waals surface area contributed by atoms with Crippen molar-refractivity contribution in [3.05, 3.63) is 35.8 Å². The predicted octanol–water partition coefficient (Wildman–Crippen LogP) is 4.91. The summed E-state index contributed by atoms with van der Waals surface area (Å²) in [5, 5.41) is 13.9. The van der Waals surface area contributed by atoms with Gasteiger partial charge in [-0.15, -0.1) is 0 Å². The molecule has 2 aliphatic carbocycles. The van der Waals surface area contributed by atoms with E-state index < -0.39 is 5.60 Å². The van der Waals surface area contributed by atoms with Crippen LogP contribution in [0, 0.1) is 5.41 Å². The van der Waals surface area contributed by atoms with Crippen LogP contribution in [0.1, 0.15) is 78.3 Å². The number of ether oxygens (including phenoxy) is 1. The highest BCUT2D eigenvalue weighted by atomic mass is 16.6. The number of H-pyrrole nitrogens is 1. The lowest BCUT2D eigenvalue weighted by atomic mass is 9.60. The Morgan fingerprint density at radius 3 is 2.70 bits per heavy atom. The molecule has 1 aromatic heterocycles. The van der Waals surface area contributed by atoms with Gasteiger partial charge < -0.3 is 20.3 Å². The third-order valence-electron chi connectivity index (χ3n) is 6.27. The van der Waals surface area contributed by atoms with Crippen LogP contribution in [0.4, 0.5) is 10.6 Å². The van der Waals surface area contributed by atoms with Crippen molar-refractivity contribution >= 4 is 17.7 Å². The number of amides is 1. The Hall–Kier alpha value is -2.77. The molecule has 3 fully saturated rings. The van der Waals surface area contributed by atoms with E-state index in [1.807, 2.05) is 39.8 Å². The fourth-order valence-electron chi connectivity index (χ4n) is 4.70. The Balaban J connectivity index is 1.32. The molecule has 1 saturated heterocycles. The first-order chi connectivity index (χ1) is 15.7. The number of hydrogen-bond donors (Lipinski definition) is 3. The summed E-state index contributed by atoms with van der Waals surface area (Å²) >= 11 is 0. The molecule has 8 nitrogen and oxygen atoms in total. The fourth-order valence-corrected chi connectivity index (χ4v) is 4.70. The molecule has 4 rings (SSSR count). The Kier molecular flexibility index (Phi) is 6.54. The van der Waals surface area contributed by atoms with Crippen molar-refractivity contribution in [1.82, 2.24) is 20.4 Å². The van der Waals surface area contributed by atoms with Gasteiger partial charge in [-0.2, -0.15) is 5.10 Å². The van der Waals surface area contributed by atoms with Crippen molar-refractivity contribution in [2.45, 2.75) is 84.3 Å². The van der Waals surface area contributed by atoms with Crippen LogP contribution >= 0.6 is 0 Å². The van der Waals surface area contributed by atoms with Gasteiger partial charge in [0.1, 0.15) is 17.3 Å². The Morgan fingerprint density at radius 1 is 1.36 bits per heavy atom. The zero-order chi connectivity index (χ0) is 23.6. The van der Waals surface area contributed by atoms with Crippen molar-refractivity contribution in [2.24, 2.45) is 10.4 Å². The first-order valence-electron chi connectivity index (χ1n) is 12.2. The Labute approximate surface area is 196 Å². The highest BCUT2D eigenvalue weighted by molar-refractivity contribution is 6.03. The van der Waals surface area contributed by atoms with Crippen LogP contribution in [0.25, 0.3) is 0 Å². The first-order valence-corrected chi connectivity index (χ1v) is 12.2. The molecule has 1 aliphatic heterocycles. The third kappa shape index (κ3) is 5.97. The van der Waals surface area contributed by atoms with Crippen LogP contribution in [-0.2, 0) is 4.74 Å². The molecule has 8 heteroatoms. The lowest BCUT2D eigenvalue weighted by Crippen LogP contribution is -2.66. The molecule has 0 unspecified atom stereocenters. The minimum absolute atomic E-state index is 0.199. The topological polar surface area (TPSA) is 94.6 Å². The number of hydrogen-bond acceptors (Lipinski definition) is 5. The van der Waals surface area contributed by atoms with Gasteiger partial charge in [0.05, 0.1) is 0 Å². The van der Waals surface area contributed by atoms with Crippen LogP contribution in [0.5, 0.6) is 0 Å². The highest BCUT2D eigenvalue weighted by Gasteiger charge is 2.53. The maximum Gasteiger partial charge on any atom is 0.407 e. The number of aromatic amines is 1. The molecule has 0 radical (unpaired) electrons. The van der Waals surface area contributed by atoms with Gasteiger partial charge in [0.15, 0.2) is 5.82 Å². The fraction of sp³-hybridized carbons (Fsp3) is 0.640. The SMILES string of the molecule is C\C=C/C(=N/C(=C/CC)N1CC2(CC(NC(=O)OC(C)(C)C)C2)C1)Nc1cc(C2CC2)[nH]n1. The van der Waals surface area contributed by atoms with Crippen molar-refractivity contribution in [3.63, 3.8) is 0 Å². The minimum Gasteiger partial charge on any atom is -0.444 e. The molecule has 180 valence electrons. The standard InChI is InChI=1S/C25H38N6O2/c1-6-8-20(27-21-12-19(29-30-21)17-10-11-17)28-22(9-7-2)31-15-25(16-31)13-18(14-25)26-23(32)33-24(3,4)5/h6,8-9,12,17-18H,7,10-11,13-16H2,1-5H3,(H,26,32)(H2,27,28,29,30)/b8-6-,22-9-. The zero-order valence-corrected chi connectivity index (χ0v) is 20.6. The molecule has 0 atom stereocenters. The average molecular weight is 455 g/mol. The number of aromatic nitrogens is 2. The molecule has 1 amide bonds. The van der Waals surface area contributed by atoms with E-state index in [9.17, 15) is 4.79 Å². The molecule has 3 N–H and O–H groups in total. The summed E-state index contributed by atoms with van der Waals surface area (Å²) in [4.78, 5) is 19.3.